The molecule has 10 heteroatoms. The van der Waals surface area contributed by atoms with Gasteiger partial charge in [-0.25, -0.2) is 8.78 Å². The van der Waals surface area contributed by atoms with Gasteiger partial charge in [-0.3, -0.25) is 15.0 Å². The number of halogens is 2. The highest BCUT2D eigenvalue weighted by atomic mass is 19.1. The molecule has 0 saturated carbocycles. The van der Waals surface area contributed by atoms with Crippen molar-refractivity contribution in [2.45, 2.75) is 33.4 Å². The lowest BCUT2D eigenvalue weighted by molar-refractivity contribution is -0.134. The molecule has 2 aromatic carbocycles. The van der Waals surface area contributed by atoms with Crippen LogP contribution in [-0.4, -0.2) is 48.9 Å². The van der Waals surface area contributed by atoms with Gasteiger partial charge in [0.1, 0.15) is 11.7 Å². The minimum atomic E-state index is -1.57. The van der Waals surface area contributed by atoms with Gasteiger partial charge in [-0.15, -0.1) is 0 Å². The maximum Gasteiger partial charge on any atom is 0.260 e. The van der Waals surface area contributed by atoms with Crippen LogP contribution in [0.15, 0.2) is 36.4 Å². The van der Waals surface area contributed by atoms with Crippen molar-refractivity contribution in [2.24, 2.45) is 5.73 Å². The monoisotopic (exact) mass is 476 g/mol. The molecule has 0 spiro atoms. The maximum atomic E-state index is 15.2. The predicted molar refractivity (Wildman–Crippen MR) is 123 cm³/mol. The van der Waals surface area contributed by atoms with E-state index in [1.807, 2.05) is 0 Å². The van der Waals surface area contributed by atoms with E-state index in [0.29, 0.717) is 24.2 Å². The number of nitrogen functional groups attached to an aromatic ring is 1. The van der Waals surface area contributed by atoms with Crippen molar-refractivity contribution in [1.82, 2.24) is 10.2 Å². The van der Waals surface area contributed by atoms with Crippen molar-refractivity contribution in [2.75, 3.05) is 26.3 Å². The second kappa shape index (κ2) is 12.6. The Labute approximate surface area is 197 Å². The van der Waals surface area contributed by atoms with E-state index in [9.17, 15) is 14.0 Å². The fraction of sp³-hybridized carbons (Fsp3) is 0.375. The Balaban J connectivity index is 2.19. The molecule has 0 aliphatic carbocycles. The first-order valence-corrected chi connectivity index (χ1v) is 10.9. The lowest BCUT2D eigenvalue weighted by Crippen LogP contribution is -2.34. The van der Waals surface area contributed by atoms with Crippen molar-refractivity contribution in [3.63, 3.8) is 0 Å². The number of nitrogens with one attached hydrogen (secondary N) is 2. The summed E-state index contributed by atoms with van der Waals surface area (Å²) in [6.07, 6.45) is -1.57. The highest BCUT2D eigenvalue weighted by molar-refractivity contribution is 5.94. The number of amidine groups is 1. The molecule has 0 aromatic heterocycles. The van der Waals surface area contributed by atoms with Crippen LogP contribution in [0, 0.1) is 17.0 Å². The molecule has 0 aliphatic rings. The summed E-state index contributed by atoms with van der Waals surface area (Å²) in [6, 6.07) is 8.65. The van der Waals surface area contributed by atoms with E-state index in [2.05, 4.69) is 5.32 Å². The minimum Gasteiger partial charge on any atom is -0.481 e. The second-order valence-corrected chi connectivity index (χ2v) is 7.29. The van der Waals surface area contributed by atoms with E-state index in [4.69, 9.17) is 20.6 Å². The van der Waals surface area contributed by atoms with Gasteiger partial charge < -0.3 is 25.4 Å². The molecule has 0 bridgehead atoms. The predicted octanol–water partition coefficient (Wildman–Crippen LogP) is 2.89. The summed E-state index contributed by atoms with van der Waals surface area (Å²) in [5, 5.41) is 10.0. The summed E-state index contributed by atoms with van der Waals surface area (Å²) in [4.78, 5) is 26.5. The second-order valence-electron chi connectivity index (χ2n) is 7.29. The number of nitrogens with zero attached hydrogens (tertiary/aromatic N) is 1. The van der Waals surface area contributed by atoms with Gasteiger partial charge in [-0.2, -0.15) is 0 Å². The van der Waals surface area contributed by atoms with Gasteiger partial charge in [0.15, 0.2) is 24.3 Å². The number of hydrogen-bond acceptors (Lipinski definition) is 5. The van der Waals surface area contributed by atoms with Crippen LogP contribution in [0.2, 0.25) is 0 Å². The van der Waals surface area contributed by atoms with Gasteiger partial charge in [-0.05, 0) is 38.5 Å². The molecular formula is C24H30F2N4O4. The number of nitrogens with two attached hydrogens (primary N) is 1. The standard InChI is InChI=1S/C24H30F2N4O4/c1-4-30(5-2)19(31)14-34-18-12-11-17(25)20(21(18)26)22(33-6-3)24(32)29-13-15-7-9-16(10-8-15)23(27)28/h7-12,22H,4-6,13-14H2,1-3H3,(H3,27,28)(H,29,32)/t22-/m0/s1. The molecule has 8 nitrogen and oxygen atoms in total. The van der Waals surface area contributed by atoms with Crippen molar-refractivity contribution in [1.29, 1.82) is 5.41 Å². The number of rotatable bonds is 12. The normalized spacial score (nSPS) is 11.6. The van der Waals surface area contributed by atoms with Crippen LogP contribution in [0.1, 0.15) is 43.6 Å². The summed E-state index contributed by atoms with van der Waals surface area (Å²) in [6.45, 7) is 5.82. The van der Waals surface area contributed by atoms with Crippen LogP contribution in [0.5, 0.6) is 5.75 Å². The van der Waals surface area contributed by atoms with E-state index in [1.165, 1.54) is 4.90 Å². The summed E-state index contributed by atoms with van der Waals surface area (Å²) in [5.74, 6) is -3.60. The van der Waals surface area contributed by atoms with E-state index in [-0.39, 0.29) is 30.6 Å². The number of ether oxygens (including phenoxy) is 2. The van der Waals surface area contributed by atoms with E-state index in [0.717, 1.165) is 12.1 Å². The number of likely N-dealkylation sites (N-methyl/N-ethyl adjacent to an activating group) is 1. The third-order valence-corrected chi connectivity index (χ3v) is 5.12. The molecule has 34 heavy (non-hydrogen) atoms. The van der Waals surface area contributed by atoms with E-state index >= 15 is 4.39 Å². The summed E-state index contributed by atoms with van der Waals surface area (Å²) in [5.41, 5.74) is 6.05. The molecule has 2 aromatic rings. The molecule has 184 valence electrons. The highest BCUT2D eigenvalue weighted by Gasteiger charge is 2.30. The van der Waals surface area contributed by atoms with Crippen LogP contribution in [-0.2, 0) is 20.9 Å². The van der Waals surface area contributed by atoms with Crippen LogP contribution in [0.25, 0.3) is 0 Å². The Kier molecular flexibility index (Phi) is 9.93. The third-order valence-electron chi connectivity index (χ3n) is 5.12. The summed E-state index contributed by atoms with van der Waals surface area (Å²) >= 11 is 0. The number of carbonyl (C=O) groups is 2. The number of amides is 2. The minimum absolute atomic E-state index is 0.0236. The van der Waals surface area contributed by atoms with Crippen LogP contribution in [0.3, 0.4) is 0 Å². The first-order chi connectivity index (χ1) is 16.2. The van der Waals surface area contributed by atoms with Gasteiger partial charge in [0.05, 0.1) is 5.56 Å². The highest BCUT2D eigenvalue weighted by Crippen LogP contribution is 2.30. The molecular weight excluding hydrogens is 446 g/mol. The van der Waals surface area contributed by atoms with Gasteiger partial charge in [0.2, 0.25) is 0 Å². The SMILES string of the molecule is CCO[C@H](C(=O)NCc1ccc(C(=N)N)cc1)c1c(F)ccc(OCC(=O)N(CC)CC)c1F. The topological polar surface area (TPSA) is 118 Å². The zero-order chi connectivity index (χ0) is 25.3. The van der Waals surface area contributed by atoms with Crippen molar-refractivity contribution in [3.05, 3.63) is 64.7 Å². The van der Waals surface area contributed by atoms with Gasteiger partial charge in [-0.1, -0.05) is 24.3 Å². The Hall–Kier alpha value is -3.53. The average molecular weight is 477 g/mol. The van der Waals surface area contributed by atoms with E-state index in [1.54, 1.807) is 45.0 Å². The molecule has 4 N–H and O–H groups in total. The van der Waals surface area contributed by atoms with Crippen LogP contribution in [0.4, 0.5) is 8.78 Å². The fourth-order valence-corrected chi connectivity index (χ4v) is 3.25. The first-order valence-electron chi connectivity index (χ1n) is 10.9. The van der Waals surface area contributed by atoms with Gasteiger partial charge >= 0.3 is 0 Å². The van der Waals surface area contributed by atoms with Gasteiger partial charge in [0.25, 0.3) is 11.8 Å². The lowest BCUT2D eigenvalue weighted by Gasteiger charge is -2.21. The molecule has 2 rings (SSSR count). The lowest BCUT2D eigenvalue weighted by atomic mass is 10.1. The zero-order valence-electron chi connectivity index (χ0n) is 19.5. The van der Waals surface area contributed by atoms with Crippen LogP contribution >= 0.6 is 0 Å². The molecule has 0 aliphatic heterocycles. The summed E-state index contributed by atoms with van der Waals surface area (Å²) < 4.78 is 40.5. The zero-order valence-corrected chi connectivity index (χ0v) is 19.5. The quantitative estimate of drug-likeness (QED) is 0.322. The third kappa shape index (κ3) is 6.74. The summed E-state index contributed by atoms with van der Waals surface area (Å²) in [7, 11) is 0. The molecule has 0 unspecified atom stereocenters. The molecule has 0 radical (unpaired) electrons. The molecule has 1 atom stereocenters. The Morgan fingerprint density at radius 2 is 1.74 bits per heavy atom. The van der Waals surface area contributed by atoms with E-state index < -0.39 is 35.8 Å². The number of carbonyl (C=O) groups excluding carboxylic acids is 2. The number of hydrogen-bond donors (Lipinski definition) is 3. The smallest absolute Gasteiger partial charge is 0.260 e. The van der Waals surface area contributed by atoms with Gasteiger partial charge in [0, 0.05) is 31.8 Å². The molecule has 2 amide bonds. The fourth-order valence-electron chi connectivity index (χ4n) is 3.25. The Bertz CT molecular complexity index is 1010. The molecule has 0 heterocycles. The molecule has 0 saturated heterocycles. The molecule has 0 fully saturated rings. The average Bonchev–Trinajstić information content (AvgIpc) is 2.82. The van der Waals surface area contributed by atoms with Crippen molar-refractivity contribution < 1.29 is 27.8 Å². The Morgan fingerprint density at radius 1 is 1.09 bits per heavy atom. The van der Waals surface area contributed by atoms with Crippen molar-refractivity contribution in [3.8, 4) is 5.75 Å². The number of benzene rings is 2. The first kappa shape index (κ1) is 26.7. The largest absolute Gasteiger partial charge is 0.481 e. The van der Waals surface area contributed by atoms with Crippen molar-refractivity contribution >= 4 is 17.6 Å². The van der Waals surface area contributed by atoms with Crippen LogP contribution < -0.4 is 15.8 Å². The maximum absolute atomic E-state index is 15.2. The Morgan fingerprint density at radius 3 is 2.29 bits per heavy atom.